The molecule has 9 nitrogen and oxygen atoms in total. The molecule has 1 N–H and O–H groups in total. The maximum Gasteiger partial charge on any atom is 0.301 e. The van der Waals surface area contributed by atoms with Crippen molar-refractivity contribution in [2.75, 3.05) is 18.1 Å². The Morgan fingerprint density at radius 1 is 1.00 bits per heavy atom. The van der Waals surface area contributed by atoms with Gasteiger partial charge in [0.1, 0.15) is 22.8 Å². The summed E-state index contributed by atoms with van der Waals surface area (Å²) in [5, 5.41) is 12.1. The largest absolute Gasteiger partial charge is 0.505 e. The first-order valence-electron chi connectivity index (χ1n) is 14.3. The number of aliphatic hydroxyl groups excluding tert-OH is 1. The quantitative estimate of drug-likeness (QED) is 0.0867. The van der Waals surface area contributed by atoms with Gasteiger partial charge in [-0.3, -0.25) is 14.5 Å². The number of aliphatic hydroxyl groups is 1. The van der Waals surface area contributed by atoms with E-state index in [-0.39, 0.29) is 17.0 Å². The number of benzene rings is 2. The van der Waals surface area contributed by atoms with Gasteiger partial charge in [-0.1, -0.05) is 42.9 Å². The third kappa shape index (κ3) is 5.01. The summed E-state index contributed by atoms with van der Waals surface area (Å²) < 4.78 is 14.3. The number of fused-ring (bicyclic) bond motifs is 2. The average molecular weight is 597 g/mol. The molecule has 0 spiro atoms. The van der Waals surface area contributed by atoms with E-state index in [9.17, 15) is 14.7 Å². The number of carbonyl (C=O) groups is 2. The Morgan fingerprint density at radius 3 is 2.58 bits per heavy atom. The minimum absolute atomic E-state index is 0.0471. The Morgan fingerprint density at radius 2 is 1.81 bits per heavy atom. The van der Waals surface area contributed by atoms with Gasteiger partial charge >= 0.3 is 5.91 Å². The van der Waals surface area contributed by atoms with Crippen LogP contribution in [0.5, 0.6) is 11.5 Å². The number of ether oxygens (including phenoxy) is 2. The number of rotatable bonds is 9. The molecule has 1 amide bonds. The highest BCUT2D eigenvalue weighted by molar-refractivity contribution is 7.22. The molecule has 1 saturated heterocycles. The topological polar surface area (TPSA) is 106 Å². The Hall–Kier alpha value is -4.70. The van der Waals surface area contributed by atoms with Gasteiger partial charge in [-0.05, 0) is 74.7 Å². The zero-order valence-electron chi connectivity index (χ0n) is 24.5. The Kier molecular flexibility index (Phi) is 7.62. The second kappa shape index (κ2) is 11.5. The molecule has 1 aliphatic rings. The summed E-state index contributed by atoms with van der Waals surface area (Å²) in [6.07, 6.45) is 3.73. The molecule has 1 unspecified atom stereocenters. The van der Waals surface area contributed by atoms with Crippen LogP contribution in [0.3, 0.4) is 0 Å². The summed E-state index contributed by atoms with van der Waals surface area (Å²) in [7, 11) is 0. The predicted octanol–water partition coefficient (Wildman–Crippen LogP) is 6.76. The number of hydrogen-bond donors (Lipinski definition) is 1. The zero-order valence-corrected chi connectivity index (χ0v) is 25.3. The van der Waals surface area contributed by atoms with Crippen molar-refractivity contribution in [1.29, 1.82) is 0 Å². The summed E-state index contributed by atoms with van der Waals surface area (Å²) in [6, 6.07) is 15.7. The number of imidazole rings is 1. The lowest BCUT2D eigenvalue weighted by atomic mass is 9.96. The molecule has 43 heavy (non-hydrogen) atoms. The number of nitrogens with zero attached hydrogens (tertiary/aromatic N) is 4. The van der Waals surface area contributed by atoms with Crippen molar-refractivity contribution in [3.63, 3.8) is 0 Å². The van der Waals surface area contributed by atoms with Gasteiger partial charge in [-0.2, -0.15) is 0 Å². The van der Waals surface area contributed by atoms with Crippen molar-refractivity contribution in [2.45, 2.75) is 46.6 Å². The molecule has 2 aromatic carbocycles. The molecular formula is C33H32N4O5S. The minimum Gasteiger partial charge on any atom is -0.505 e. The molecule has 6 rings (SSSR count). The van der Waals surface area contributed by atoms with Gasteiger partial charge in [0, 0.05) is 6.20 Å². The molecule has 3 aromatic heterocycles. The number of pyridine rings is 1. The molecule has 0 aliphatic carbocycles. The van der Waals surface area contributed by atoms with E-state index in [1.165, 1.54) is 16.2 Å². The van der Waals surface area contributed by atoms with Crippen LogP contribution in [0.1, 0.15) is 55.2 Å². The second-order valence-corrected chi connectivity index (χ2v) is 11.4. The van der Waals surface area contributed by atoms with Crippen LogP contribution in [-0.4, -0.2) is 44.4 Å². The second-order valence-electron chi connectivity index (χ2n) is 10.4. The number of thiazole rings is 1. The zero-order chi connectivity index (χ0) is 30.2. The Balaban J connectivity index is 1.54. The fourth-order valence-corrected chi connectivity index (χ4v) is 6.40. The number of amides is 1. The number of unbranched alkanes of at least 4 members (excludes halogenated alkanes) is 1. The molecule has 4 heterocycles. The molecule has 1 atom stereocenters. The average Bonchev–Trinajstić information content (AvgIpc) is 3.65. The van der Waals surface area contributed by atoms with Crippen molar-refractivity contribution < 1.29 is 24.2 Å². The van der Waals surface area contributed by atoms with Crippen LogP contribution in [0.25, 0.3) is 21.6 Å². The van der Waals surface area contributed by atoms with Gasteiger partial charge in [0.2, 0.25) is 0 Å². The van der Waals surface area contributed by atoms with Gasteiger partial charge in [0.25, 0.3) is 5.78 Å². The molecule has 0 saturated carbocycles. The van der Waals surface area contributed by atoms with Gasteiger partial charge < -0.3 is 19.0 Å². The van der Waals surface area contributed by atoms with Crippen LogP contribution in [0.4, 0.5) is 5.13 Å². The van der Waals surface area contributed by atoms with Crippen LogP contribution in [0.15, 0.2) is 66.4 Å². The maximum absolute atomic E-state index is 13.8. The van der Waals surface area contributed by atoms with Gasteiger partial charge in [0.15, 0.2) is 10.9 Å². The lowest BCUT2D eigenvalue weighted by Gasteiger charge is -2.23. The first-order chi connectivity index (χ1) is 20.8. The molecule has 10 heteroatoms. The van der Waals surface area contributed by atoms with Crippen molar-refractivity contribution in [2.24, 2.45) is 0 Å². The molecule has 1 fully saturated rings. The van der Waals surface area contributed by atoms with E-state index in [1.54, 1.807) is 0 Å². The summed E-state index contributed by atoms with van der Waals surface area (Å²) in [4.78, 5) is 38.4. The van der Waals surface area contributed by atoms with Crippen LogP contribution in [0.2, 0.25) is 0 Å². The predicted molar refractivity (Wildman–Crippen MR) is 167 cm³/mol. The highest BCUT2D eigenvalue weighted by Crippen LogP contribution is 2.45. The molecule has 220 valence electrons. The van der Waals surface area contributed by atoms with Gasteiger partial charge in [-0.25, -0.2) is 9.97 Å². The molecular weight excluding hydrogens is 564 g/mol. The van der Waals surface area contributed by atoms with E-state index < -0.39 is 17.7 Å². The number of ketones is 1. The first-order valence-corrected chi connectivity index (χ1v) is 15.2. The van der Waals surface area contributed by atoms with Crippen molar-refractivity contribution in [3.8, 4) is 11.5 Å². The number of carbonyl (C=O) groups excluding carboxylic acids is 2. The summed E-state index contributed by atoms with van der Waals surface area (Å²) >= 11 is 1.28. The number of anilines is 1. The number of aryl methyl sites for hydroxylation is 2. The smallest absolute Gasteiger partial charge is 0.301 e. The maximum atomic E-state index is 13.8. The van der Waals surface area contributed by atoms with Gasteiger partial charge in [-0.15, -0.1) is 0 Å². The van der Waals surface area contributed by atoms with Crippen LogP contribution in [-0.2, 0) is 9.59 Å². The summed E-state index contributed by atoms with van der Waals surface area (Å²) in [5.41, 5.74) is 3.72. The normalized spacial score (nSPS) is 16.5. The monoisotopic (exact) mass is 596 g/mol. The molecule has 5 aromatic rings. The standard InChI is InChI=1S/C33H32N4O5S/c1-5-7-16-42-22-12-8-11-21(17-22)28-26(29(38)27-20(4)36-15-9-10-19(3)31(36)35-27)30(39)32(40)37(28)33-34-24-14-13-23(41-6-2)18-25(24)43-33/h8-15,17-18,28,38H,5-7,16H2,1-4H3/b29-26+. The van der Waals surface area contributed by atoms with Crippen molar-refractivity contribution in [3.05, 3.63) is 88.9 Å². The molecule has 1 aliphatic heterocycles. The van der Waals surface area contributed by atoms with Crippen molar-refractivity contribution >= 4 is 49.8 Å². The van der Waals surface area contributed by atoms with Crippen LogP contribution < -0.4 is 14.4 Å². The van der Waals surface area contributed by atoms with Crippen LogP contribution in [0, 0.1) is 13.8 Å². The number of hydrogen-bond acceptors (Lipinski definition) is 8. The van der Waals surface area contributed by atoms with E-state index in [0.717, 1.165) is 23.1 Å². The van der Waals surface area contributed by atoms with E-state index >= 15 is 0 Å². The number of aromatic nitrogens is 3. The third-order valence-electron chi connectivity index (χ3n) is 7.56. The SMILES string of the molecule is CCCCOc1cccc(C2/C(=C(\O)c3nc4c(C)cccn4c3C)C(=O)C(=O)N2c2nc3ccc(OCC)cc3s2)c1. The van der Waals surface area contributed by atoms with E-state index in [2.05, 4.69) is 6.92 Å². The summed E-state index contributed by atoms with van der Waals surface area (Å²) in [6.45, 7) is 8.81. The van der Waals surface area contributed by atoms with Gasteiger partial charge in [0.05, 0.1) is 40.7 Å². The van der Waals surface area contributed by atoms with Crippen LogP contribution >= 0.6 is 11.3 Å². The molecule has 0 bridgehead atoms. The number of Topliss-reactive ketones (excluding diaryl/α,β-unsaturated/α-hetero) is 1. The minimum atomic E-state index is -0.952. The Labute approximate surface area is 253 Å². The highest BCUT2D eigenvalue weighted by atomic mass is 32.1. The first kappa shape index (κ1) is 28.4. The van der Waals surface area contributed by atoms with E-state index in [4.69, 9.17) is 19.4 Å². The fourth-order valence-electron chi connectivity index (χ4n) is 5.38. The van der Waals surface area contributed by atoms with E-state index in [0.29, 0.717) is 52.3 Å². The molecule has 0 radical (unpaired) electrons. The van der Waals surface area contributed by atoms with Crippen molar-refractivity contribution in [1.82, 2.24) is 14.4 Å². The lowest BCUT2D eigenvalue weighted by Crippen LogP contribution is -2.29. The highest BCUT2D eigenvalue weighted by Gasteiger charge is 2.48. The Bertz CT molecular complexity index is 1910. The summed E-state index contributed by atoms with van der Waals surface area (Å²) in [5.74, 6) is -0.601. The van der Waals surface area contributed by atoms with E-state index in [1.807, 2.05) is 86.0 Å². The third-order valence-corrected chi connectivity index (χ3v) is 8.58. The lowest BCUT2D eigenvalue weighted by molar-refractivity contribution is -0.132. The fraction of sp³-hybridized carbons (Fsp3) is 0.273.